The summed E-state index contributed by atoms with van der Waals surface area (Å²) in [4.78, 5) is 22.6. The van der Waals surface area contributed by atoms with Crippen molar-refractivity contribution in [2.24, 2.45) is 5.92 Å². The number of carbonyl (C=O) groups excluding carboxylic acids is 2. The summed E-state index contributed by atoms with van der Waals surface area (Å²) in [7, 11) is -2.76. The smallest absolute Gasteiger partial charge is 0.246 e. The van der Waals surface area contributed by atoms with Crippen LogP contribution >= 0.6 is 7.14 Å². The standard InChI is InChI=1S/C10H20NO4P/c1-8(2)7-11(14)9(12)5-6-10(13)16(3,4)15/h8,14H,5-7H2,1-4H3. The predicted molar refractivity (Wildman–Crippen MR) is 62.0 cm³/mol. The summed E-state index contributed by atoms with van der Waals surface area (Å²) < 4.78 is 11.3. The predicted octanol–water partition coefficient (Wildman–Crippen LogP) is 1.79. The lowest BCUT2D eigenvalue weighted by Crippen LogP contribution is -2.31. The molecule has 6 heteroatoms. The molecule has 0 spiro atoms. The molecule has 1 N–H and O–H groups in total. The highest BCUT2D eigenvalue weighted by molar-refractivity contribution is 7.79. The molecule has 16 heavy (non-hydrogen) atoms. The first kappa shape index (κ1) is 15.3. The lowest BCUT2D eigenvalue weighted by molar-refractivity contribution is -0.167. The molecule has 0 aromatic carbocycles. The van der Waals surface area contributed by atoms with E-state index in [-0.39, 0.29) is 25.3 Å². The van der Waals surface area contributed by atoms with Gasteiger partial charge in [-0.2, -0.15) is 0 Å². The lowest BCUT2D eigenvalue weighted by atomic mass is 10.2. The third kappa shape index (κ3) is 6.03. The first-order chi connectivity index (χ1) is 7.14. The van der Waals surface area contributed by atoms with E-state index in [9.17, 15) is 19.4 Å². The third-order valence-corrected chi connectivity index (χ3v) is 3.40. The molecule has 0 radical (unpaired) electrons. The Balaban J connectivity index is 4.08. The number of hydrogen-bond acceptors (Lipinski definition) is 4. The highest BCUT2D eigenvalue weighted by atomic mass is 31.2. The molecule has 0 bridgehead atoms. The van der Waals surface area contributed by atoms with Gasteiger partial charge in [0.2, 0.25) is 5.91 Å². The molecule has 94 valence electrons. The second kappa shape index (κ2) is 6.16. The highest BCUT2D eigenvalue weighted by Crippen LogP contribution is 2.38. The van der Waals surface area contributed by atoms with Crippen molar-refractivity contribution in [3.8, 4) is 0 Å². The van der Waals surface area contributed by atoms with E-state index >= 15 is 0 Å². The molecule has 0 fully saturated rings. The molecule has 5 nitrogen and oxygen atoms in total. The SMILES string of the molecule is CC(C)CN(O)C(=O)CCC(=O)P(C)(C)=O. The maximum Gasteiger partial charge on any atom is 0.246 e. The second-order valence-corrected chi connectivity index (χ2v) is 7.81. The molecular weight excluding hydrogens is 229 g/mol. The fourth-order valence-electron chi connectivity index (χ4n) is 1.06. The van der Waals surface area contributed by atoms with E-state index in [1.54, 1.807) is 0 Å². The maximum absolute atomic E-state index is 11.3. The van der Waals surface area contributed by atoms with Crippen LogP contribution in [0.2, 0.25) is 0 Å². The van der Waals surface area contributed by atoms with E-state index < -0.39 is 18.6 Å². The van der Waals surface area contributed by atoms with E-state index in [0.29, 0.717) is 5.06 Å². The van der Waals surface area contributed by atoms with Crippen molar-refractivity contribution in [1.82, 2.24) is 5.06 Å². The Bertz CT molecular complexity index is 308. The quantitative estimate of drug-likeness (QED) is 0.442. The van der Waals surface area contributed by atoms with Crippen molar-refractivity contribution in [2.45, 2.75) is 26.7 Å². The van der Waals surface area contributed by atoms with Crippen LogP contribution in [0.1, 0.15) is 26.7 Å². The van der Waals surface area contributed by atoms with E-state index in [1.807, 2.05) is 13.8 Å². The first-order valence-corrected chi connectivity index (χ1v) is 7.82. The number of rotatable bonds is 6. The molecular formula is C10H20NO4P. The Morgan fingerprint density at radius 3 is 2.12 bits per heavy atom. The van der Waals surface area contributed by atoms with Gasteiger partial charge in [-0.05, 0) is 19.2 Å². The highest BCUT2D eigenvalue weighted by Gasteiger charge is 2.21. The fraction of sp³-hybridized carbons (Fsp3) is 0.800. The number of nitrogens with zero attached hydrogens (tertiary/aromatic N) is 1. The normalized spacial score (nSPS) is 11.6. The largest absolute Gasteiger partial charge is 0.316 e. The molecule has 0 aliphatic heterocycles. The van der Waals surface area contributed by atoms with Crippen LogP contribution in [0.4, 0.5) is 0 Å². The minimum absolute atomic E-state index is 0.0712. The Kier molecular flexibility index (Phi) is 5.90. The molecule has 0 saturated heterocycles. The van der Waals surface area contributed by atoms with Crippen molar-refractivity contribution < 1.29 is 19.4 Å². The van der Waals surface area contributed by atoms with Gasteiger partial charge in [0.1, 0.15) is 7.14 Å². The monoisotopic (exact) mass is 249 g/mol. The van der Waals surface area contributed by atoms with E-state index in [2.05, 4.69) is 0 Å². The first-order valence-electron chi connectivity index (χ1n) is 5.22. The van der Waals surface area contributed by atoms with Gasteiger partial charge in [0, 0.05) is 12.8 Å². The van der Waals surface area contributed by atoms with Crippen LogP contribution in [0.15, 0.2) is 0 Å². The van der Waals surface area contributed by atoms with Crippen LogP contribution in [0.25, 0.3) is 0 Å². The summed E-state index contributed by atoms with van der Waals surface area (Å²) in [5.74, 6) is -0.344. The van der Waals surface area contributed by atoms with E-state index in [4.69, 9.17) is 0 Å². The van der Waals surface area contributed by atoms with Crippen LogP contribution in [-0.4, -0.2) is 41.6 Å². The Hall–Kier alpha value is -0.670. The molecule has 0 rings (SSSR count). The van der Waals surface area contributed by atoms with Gasteiger partial charge in [0.15, 0.2) is 5.52 Å². The number of hydrogen-bond donors (Lipinski definition) is 1. The summed E-state index contributed by atoms with van der Waals surface area (Å²) in [6.45, 7) is 6.74. The van der Waals surface area contributed by atoms with Gasteiger partial charge in [-0.3, -0.25) is 14.8 Å². The molecule has 0 heterocycles. The van der Waals surface area contributed by atoms with Gasteiger partial charge in [0.05, 0.1) is 6.54 Å². The van der Waals surface area contributed by atoms with Crippen LogP contribution in [0, 0.1) is 5.92 Å². The van der Waals surface area contributed by atoms with Crippen LogP contribution in [0.3, 0.4) is 0 Å². The maximum atomic E-state index is 11.3. The fourth-order valence-corrected chi connectivity index (χ4v) is 1.71. The zero-order valence-electron chi connectivity index (χ0n) is 10.3. The molecule has 0 aromatic heterocycles. The molecule has 0 saturated carbocycles. The average Bonchev–Trinajstić information content (AvgIpc) is 2.10. The van der Waals surface area contributed by atoms with Gasteiger partial charge >= 0.3 is 0 Å². The number of hydroxylamine groups is 2. The Labute approximate surface area is 96.1 Å². The van der Waals surface area contributed by atoms with Crippen molar-refractivity contribution in [1.29, 1.82) is 0 Å². The van der Waals surface area contributed by atoms with Crippen LogP contribution < -0.4 is 0 Å². The third-order valence-electron chi connectivity index (χ3n) is 1.98. The molecule has 0 unspecified atom stereocenters. The van der Waals surface area contributed by atoms with Crippen molar-refractivity contribution in [3.05, 3.63) is 0 Å². The van der Waals surface area contributed by atoms with Crippen molar-refractivity contribution in [2.75, 3.05) is 19.9 Å². The van der Waals surface area contributed by atoms with Gasteiger partial charge in [-0.15, -0.1) is 0 Å². The number of carbonyl (C=O) groups is 2. The van der Waals surface area contributed by atoms with E-state index in [1.165, 1.54) is 13.3 Å². The summed E-state index contributed by atoms with van der Waals surface area (Å²) in [5, 5.41) is 9.93. The molecule has 0 aromatic rings. The molecule has 0 atom stereocenters. The average molecular weight is 249 g/mol. The number of amides is 1. The van der Waals surface area contributed by atoms with Crippen molar-refractivity contribution >= 4 is 18.6 Å². The molecule has 0 aliphatic carbocycles. The molecule has 1 amide bonds. The van der Waals surface area contributed by atoms with Gasteiger partial charge in [0.25, 0.3) is 0 Å². The Morgan fingerprint density at radius 1 is 1.25 bits per heavy atom. The minimum atomic E-state index is -2.76. The molecule has 0 aliphatic rings. The lowest BCUT2D eigenvalue weighted by Gasteiger charge is -2.16. The minimum Gasteiger partial charge on any atom is -0.316 e. The zero-order valence-corrected chi connectivity index (χ0v) is 11.2. The van der Waals surface area contributed by atoms with Crippen molar-refractivity contribution in [3.63, 3.8) is 0 Å². The van der Waals surface area contributed by atoms with Gasteiger partial charge < -0.3 is 4.57 Å². The topological polar surface area (TPSA) is 74.7 Å². The van der Waals surface area contributed by atoms with Gasteiger partial charge in [-0.25, -0.2) is 5.06 Å². The van der Waals surface area contributed by atoms with Crippen LogP contribution in [0.5, 0.6) is 0 Å². The summed E-state index contributed by atoms with van der Waals surface area (Å²) in [5.41, 5.74) is -0.404. The van der Waals surface area contributed by atoms with Crippen LogP contribution in [-0.2, 0) is 14.2 Å². The summed E-state index contributed by atoms with van der Waals surface area (Å²) in [6.07, 6.45) is -0.161. The second-order valence-electron chi connectivity index (χ2n) is 4.61. The van der Waals surface area contributed by atoms with E-state index in [0.717, 1.165) is 0 Å². The Morgan fingerprint density at radius 2 is 1.75 bits per heavy atom. The zero-order chi connectivity index (χ0) is 12.9. The summed E-state index contributed by atoms with van der Waals surface area (Å²) >= 11 is 0. The summed E-state index contributed by atoms with van der Waals surface area (Å²) in [6, 6.07) is 0. The van der Waals surface area contributed by atoms with Gasteiger partial charge in [-0.1, -0.05) is 13.8 Å².